The lowest BCUT2D eigenvalue weighted by Gasteiger charge is -2.36. The van der Waals surface area contributed by atoms with Gasteiger partial charge in [-0.25, -0.2) is 4.68 Å². The third-order valence-electron chi connectivity index (χ3n) is 4.78. The first-order valence-electron chi connectivity index (χ1n) is 9.17. The van der Waals surface area contributed by atoms with E-state index >= 15 is 0 Å². The molecule has 1 aliphatic rings. The van der Waals surface area contributed by atoms with Crippen LogP contribution in [0.2, 0.25) is 0 Å². The van der Waals surface area contributed by atoms with Crippen LogP contribution in [0.1, 0.15) is 44.2 Å². The standard InChI is InChI=1S/C21H24N4O2/c1-4-5-10-27-17-8-6-16(7-9-17)21(3)11-19(18(12-22)20(26)24-21)25-14-15(2)13-23-25/h6-9,13-14H,4-5,10-11H2,1-3H3,(H,24,26)/t21-/m0/s1. The highest BCUT2D eigenvalue weighted by atomic mass is 16.5. The van der Waals surface area contributed by atoms with Gasteiger partial charge in [0, 0.05) is 12.6 Å². The lowest BCUT2D eigenvalue weighted by Crippen LogP contribution is -2.48. The fourth-order valence-corrected chi connectivity index (χ4v) is 3.21. The van der Waals surface area contributed by atoms with Gasteiger partial charge in [0.15, 0.2) is 0 Å². The second-order valence-electron chi connectivity index (χ2n) is 7.09. The van der Waals surface area contributed by atoms with E-state index in [-0.39, 0.29) is 11.5 Å². The number of aryl methyl sites for hydroxylation is 1. The molecule has 0 spiro atoms. The van der Waals surface area contributed by atoms with E-state index in [4.69, 9.17) is 4.74 Å². The molecule has 0 radical (unpaired) electrons. The molecule has 2 aromatic rings. The molecule has 1 amide bonds. The molecule has 1 N–H and O–H groups in total. The zero-order valence-electron chi connectivity index (χ0n) is 16.0. The predicted molar refractivity (Wildman–Crippen MR) is 103 cm³/mol. The minimum Gasteiger partial charge on any atom is -0.494 e. The molecular weight excluding hydrogens is 340 g/mol. The van der Waals surface area contributed by atoms with Crippen LogP contribution in [0.3, 0.4) is 0 Å². The number of unbranched alkanes of at least 4 members (excludes halogenated alkanes) is 1. The summed E-state index contributed by atoms with van der Waals surface area (Å²) in [6, 6.07) is 9.79. The minimum absolute atomic E-state index is 0.107. The number of carbonyl (C=O) groups excluding carboxylic acids is 1. The van der Waals surface area contributed by atoms with Crippen LogP contribution in [0.4, 0.5) is 0 Å². The summed E-state index contributed by atoms with van der Waals surface area (Å²) in [5.41, 5.74) is 2.02. The van der Waals surface area contributed by atoms with Crippen molar-refractivity contribution in [2.24, 2.45) is 0 Å². The minimum atomic E-state index is -0.630. The Morgan fingerprint density at radius 2 is 2.11 bits per heavy atom. The lowest BCUT2D eigenvalue weighted by atomic mass is 9.83. The summed E-state index contributed by atoms with van der Waals surface area (Å²) in [6.07, 6.45) is 6.12. The van der Waals surface area contributed by atoms with E-state index in [1.165, 1.54) is 0 Å². The quantitative estimate of drug-likeness (QED) is 0.795. The van der Waals surface area contributed by atoms with Gasteiger partial charge in [-0.1, -0.05) is 25.5 Å². The van der Waals surface area contributed by atoms with Gasteiger partial charge in [0.1, 0.15) is 17.4 Å². The highest BCUT2D eigenvalue weighted by molar-refractivity contribution is 6.04. The Balaban J connectivity index is 1.89. The highest BCUT2D eigenvalue weighted by Crippen LogP contribution is 2.36. The molecule has 0 fully saturated rings. The van der Waals surface area contributed by atoms with Gasteiger partial charge in [-0.2, -0.15) is 10.4 Å². The van der Waals surface area contributed by atoms with Crippen molar-refractivity contribution >= 4 is 11.6 Å². The van der Waals surface area contributed by atoms with E-state index in [2.05, 4.69) is 17.3 Å². The maximum atomic E-state index is 12.6. The Labute approximate surface area is 159 Å². The van der Waals surface area contributed by atoms with Gasteiger partial charge in [0.05, 0.1) is 24.0 Å². The molecule has 0 saturated carbocycles. The number of hydrogen-bond acceptors (Lipinski definition) is 4. The lowest BCUT2D eigenvalue weighted by molar-refractivity contribution is -0.119. The van der Waals surface area contributed by atoms with Crippen molar-refractivity contribution in [1.29, 1.82) is 5.26 Å². The monoisotopic (exact) mass is 364 g/mol. The first-order chi connectivity index (χ1) is 13.0. The molecule has 140 valence electrons. The van der Waals surface area contributed by atoms with Gasteiger partial charge in [0.25, 0.3) is 5.91 Å². The van der Waals surface area contributed by atoms with Crippen molar-refractivity contribution in [3.63, 3.8) is 0 Å². The number of nitriles is 1. The normalized spacial score (nSPS) is 19.6. The van der Waals surface area contributed by atoms with Crippen molar-refractivity contribution in [1.82, 2.24) is 15.1 Å². The van der Waals surface area contributed by atoms with Crippen LogP contribution in [0.15, 0.2) is 42.2 Å². The number of rotatable bonds is 6. The van der Waals surface area contributed by atoms with Gasteiger partial charge in [-0.3, -0.25) is 4.79 Å². The molecule has 1 aromatic heterocycles. The van der Waals surface area contributed by atoms with Gasteiger partial charge in [-0.05, 0) is 43.5 Å². The summed E-state index contributed by atoms with van der Waals surface area (Å²) in [5.74, 6) is 0.437. The van der Waals surface area contributed by atoms with E-state index in [1.54, 1.807) is 10.9 Å². The van der Waals surface area contributed by atoms with Crippen LogP contribution in [0.5, 0.6) is 5.75 Å². The predicted octanol–water partition coefficient (Wildman–Crippen LogP) is 3.54. The third-order valence-corrected chi connectivity index (χ3v) is 4.78. The average Bonchev–Trinajstić information content (AvgIpc) is 3.08. The van der Waals surface area contributed by atoms with Crippen LogP contribution in [0, 0.1) is 18.3 Å². The number of nitrogens with one attached hydrogen (secondary N) is 1. The molecule has 2 heterocycles. The number of benzene rings is 1. The summed E-state index contributed by atoms with van der Waals surface area (Å²) in [4.78, 5) is 12.6. The first kappa shape index (κ1) is 18.7. The van der Waals surface area contributed by atoms with Gasteiger partial charge in [-0.15, -0.1) is 0 Å². The molecule has 0 saturated heterocycles. The summed E-state index contributed by atoms with van der Waals surface area (Å²) < 4.78 is 7.35. The topological polar surface area (TPSA) is 79.9 Å². The molecule has 27 heavy (non-hydrogen) atoms. The summed E-state index contributed by atoms with van der Waals surface area (Å²) in [5, 5.41) is 16.7. The van der Waals surface area contributed by atoms with Crippen LogP contribution >= 0.6 is 0 Å². The van der Waals surface area contributed by atoms with Crippen molar-refractivity contribution in [3.05, 3.63) is 53.4 Å². The zero-order chi connectivity index (χ0) is 19.4. The SMILES string of the molecule is CCCCOc1ccc([C@]2(C)CC(n3cc(C)cn3)=C(C#N)C(=O)N2)cc1. The van der Waals surface area contributed by atoms with E-state index in [1.807, 2.05) is 50.4 Å². The Hall–Kier alpha value is -3.07. The maximum absolute atomic E-state index is 12.6. The third kappa shape index (κ3) is 3.87. The number of hydrogen-bond donors (Lipinski definition) is 1. The number of carbonyl (C=O) groups is 1. The van der Waals surface area contributed by atoms with Crippen LogP contribution < -0.4 is 10.1 Å². The van der Waals surface area contributed by atoms with E-state index < -0.39 is 5.54 Å². The van der Waals surface area contributed by atoms with Gasteiger partial charge < -0.3 is 10.1 Å². The van der Waals surface area contributed by atoms with Gasteiger partial charge in [0.2, 0.25) is 0 Å². The molecule has 6 heteroatoms. The fourth-order valence-electron chi connectivity index (χ4n) is 3.21. The van der Waals surface area contributed by atoms with Crippen molar-refractivity contribution in [3.8, 4) is 11.8 Å². The van der Waals surface area contributed by atoms with Crippen molar-refractivity contribution < 1.29 is 9.53 Å². The van der Waals surface area contributed by atoms with Crippen LogP contribution in [0.25, 0.3) is 5.70 Å². The summed E-state index contributed by atoms with van der Waals surface area (Å²) in [7, 11) is 0. The average molecular weight is 364 g/mol. The Bertz CT molecular complexity index is 905. The summed E-state index contributed by atoms with van der Waals surface area (Å²) in [6.45, 7) is 6.71. The first-order valence-corrected chi connectivity index (χ1v) is 9.17. The molecule has 0 bridgehead atoms. The zero-order valence-corrected chi connectivity index (χ0v) is 16.0. The number of amides is 1. The Morgan fingerprint density at radius 1 is 1.37 bits per heavy atom. The molecule has 6 nitrogen and oxygen atoms in total. The molecule has 1 atom stereocenters. The highest BCUT2D eigenvalue weighted by Gasteiger charge is 2.38. The van der Waals surface area contributed by atoms with Crippen molar-refractivity contribution in [2.75, 3.05) is 6.61 Å². The summed E-state index contributed by atoms with van der Waals surface area (Å²) >= 11 is 0. The van der Waals surface area contributed by atoms with Gasteiger partial charge >= 0.3 is 0 Å². The largest absolute Gasteiger partial charge is 0.494 e. The molecule has 0 unspecified atom stereocenters. The second-order valence-corrected chi connectivity index (χ2v) is 7.09. The maximum Gasteiger partial charge on any atom is 0.264 e. The Kier molecular flexibility index (Phi) is 5.31. The molecular formula is C21H24N4O2. The van der Waals surface area contributed by atoms with E-state index in [9.17, 15) is 10.1 Å². The van der Waals surface area contributed by atoms with Crippen molar-refractivity contribution in [2.45, 2.75) is 45.6 Å². The fraction of sp³-hybridized carbons (Fsp3) is 0.381. The smallest absolute Gasteiger partial charge is 0.264 e. The molecule has 1 aliphatic heterocycles. The number of nitrogens with zero attached hydrogens (tertiary/aromatic N) is 3. The molecule has 3 rings (SSSR count). The van der Waals surface area contributed by atoms with E-state index in [0.29, 0.717) is 18.7 Å². The molecule has 1 aromatic carbocycles. The van der Waals surface area contributed by atoms with Crippen LogP contribution in [-0.2, 0) is 10.3 Å². The second kappa shape index (κ2) is 7.67. The number of ether oxygens (including phenoxy) is 1. The number of aromatic nitrogens is 2. The Morgan fingerprint density at radius 3 is 2.70 bits per heavy atom. The van der Waals surface area contributed by atoms with E-state index in [0.717, 1.165) is 29.7 Å². The molecule has 0 aliphatic carbocycles. The van der Waals surface area contributed by atoms with Crippen LogP contribution in [-0.4, -0.2) is 22.3 Å².